The zero-order valence-electron chi connectivity index (χ0n) is 11.2. The van der Waals surface area contributed by atoms with Crippen molar-refractivity contribution in [2.24, 2.45) is 0 Å². The van der Waals surface area contributed by atoms with Crippen molar-refractivity contribution in [3.05, 3.63) is 72.6 Å². The minimum atomic E-state index is -0.157. The lowest BCUT2D eigenvalue weighted by Crippen LogP contribution is -2.12. The molecule has 0 aliphatic heterocycles. The van der Waals surface area contributed by atoms with Gasteiger partial charge in [0.25, 0.3) is 5.91 Å². The van der Waals surface area contributed by atoms with E-state index < -0.39 is 0 Å². The maximum Gasteiger partial charge on any atom is 0.255 e. The van der Waals surface area contributed by atoms with E-state index in [1.807, 2.05) is 12.1 Å². The molecule has 1 amide bonds. The summed E-state index contributed by atoms with van der Waals surface area (Å²) >= 11 is 0. The van der Waals surface area contributed by atoms with Crippen molar-refractivity contribution >= 4 is 11.6 Å². The van der Waals surface area contributed by atoms with Crippen molar-refractivity contribution in [2.45, 2.75) is 6.54 Å². The summed E-state index contributed by atoms with van der Waals surface area (Å²) in [5.74, 6) is -0.157. The van der Waals surface area contributed by atoms with Crippen molar-refractivity contribution in [3.63, 3.8) is 0 Å². The Morgan fingerprint density at radius 3 is 2.67 bits per heavy atom. The van der Waals surface area contributed by atoms with E-state index in [-0.39, 0.29) is 5.91 Å². The number of benzene rings is 1. The van der Waals surface area contributed by atoms with Gasteiger partial charge in [0.2, 0.25) is 0 Å². The Hall–Kier alpha value is -3.02. The average molecular weight is 279 g/mol. The number of rotatable bonds is 4. The number of nitrogens with zero attached hydrogens (tertiary/aromatic N) is 4. The lowest BCUT2D eigenvalue weighted by Gasteiger charge is -2.06. The summed E-state index contributed by atoms with van der Waals surface area (Å²) in [6, 6.07) is 11.0. The van der Waals surface area contributed by atoms with Crippen LogP contribution in [0.15, 0.2) is 61.4 Å². The first-order valence-corrected chi connectivity index (χ1v) is 6.44. The largest absolute Gasteiger partial charge is 0.321 e. The van der Waals surface area contributed by atoms with Gasteiger partial charge in [0.1, 0.15) is 12.7 Å². The molecule has 2 aromatic heterocycles. The van der Waals surface area contributed by atoms with Crippen LogP contribution in [-0.4, -0.2) is 25.7 Å². The average Bonchev–Trinajstić information content (AvgIpc) is 3.02. The van der Waals surface area contributed by atoms with E-state index in [2.05, 4.69) is 20.4 Å². The predicted octanol–water partition coefficient (Wildman–Crippen LogP) is 1.97. The fourth-order valence-electron chi connectivity index (χ4n) is 1.90. The van der Waals surface area contributed by atoms with Crippen molar-refractivity contribution in [1.29, 1.82) is 0 Å². The lowest BCUT2D eigenvalue weighted by atomic mass is 10.1. The molecule has 0 spiro atoms. The van der Waals surface area contributed by atoms with Crippen LogP contribution < -0.4 is 5.32 Å². The zero-order chi connectivity index (χ0) is 14.5. The first-order chi connectivity index (χ1) is 10.3. The second-order valence-electron chi connectivity index (χ2n) is 4.49. The molecule has 0 saturated heterocycles. The third-order valence-corrected chi connectivity index (χ3v) is 2.95. The molecular formula is C15H13N5O. The van der Waals surface area contributed by atoms with E-state index in [9.17, 15) is 4.79 Å². The van der Waals surface area contributed by atoms with Crippen molar-refractivity contribution < 1.29 is 4.79 Å². The maximum absolute atomic E-state index is 12.1. The highest BCUT2D eigenvalue weighted by atomic mass is 16.1. The Labute approximate surface area is 121 Å². The molecule has 0 saturated carbocycles. The van der Waals surface area contributed by atoms with Gasteiger partial charge in [0.05, 0.1) is 18.4 Å². The smallest absolute Gasteiger partial charge is 0.255 e. The number of hydrogen-bond acceptors (Lipinski definition) is 4. The van der Waals surface area contributed by atoms with Gasteiger partial charge < -0.3 is 5.32 Å². The molecule has 1 aromatic carbocycles. The summed E-state index contributed by atoms with van der Waals surface area (Å²) in [6.45, 7) is 0.629. The van der Waals surface area contributed by atoms with Crippen LogP contribution in [0.1, 0.15) is 15.9 Å². The summed E-state index contributed by atoms with van der Waals surface area (Å²) in [4.78, 5) is 19.9. The highest BCUT2D eigenvalue weighted by molar-refractivity contribution is 6.04. The number of carbonyl (C=O) groups is 1. The standard InChI is InChI=1S/C15H13N5O/c21-15(19-14-2-1-7-16-8-14)13-5-3-12(4-6-13)9-20-11-17-10-18-20/h1-8,10-11H,9H2,(H,19,21). The third-order valence-electron chi connectivity index (χ3n) is 2.95. The highest BCUT2D eigenvalue weighted by Gasteiger charge is 2.06. The van der Waals surface area contributed by atoms with Gasteiger partial charge in [-0.3, -0.25) is 9.78 Å². The monoisotopic (exact) mass is 279 g/mol. The van der Waals surface area contributed by atoms with Gasteiger partial charge >= 0.3 is 0 Å². The number of nitrogens with one attached hydrogen (secondary N) is 1. The maximum atomic E-state index is 12.1. The predicted molar refractivity (Wildman–Crippen MR) is 77.8 cm³/mol. The van der Waals surface area contributed by atoms with Crippen LogP contribution in [-0.2, 0) is 6.54 Å². The quantitative estimate of drug-likeness (QED) is 0.792. The molecule has 2 heterocycles. The first kappa shape index (κ1) is 13.0. The number of aromatic nitrogens is 4. The second kappa shape index (κ2) is 5.96. The SMILES string of the molecule is O=C(Nc1cccnc1)c1ccc(Cn2cncn2)cc1. The van der Waals surface area contributed by atoms with Crippen LogP contribution in [0.2, 0.25) is 0 Å². The molecule has 21 heavy (non-hydrogen) atoms. The molecule has 0 unspecified atom stereocenters. The molecule has 6 nitrogen and oxygen atoms in total. The zero-order valence-corrected chi connectivity index (χ0v) is 11.2. The van der Waals surface area contributed by atoms with E-state index in [1.165, 1.54) is 6.33 Å². The molecule has 104 valence electrons. The highest BCUT2D eigenvalue weighted by Crippen LogP contribution is 2.09. The summed E-state index contributed by atoms with van der Waals surface area (Å²) in [5.41, 5.74) is 2.33. The topological polar surface area (TPSA) is 72.7 Å². The van der Waals surface area contributed by atoms with Gasteiger partial charge in [0.15, 0.2) is 0 Å². The molecule has 0 fully saturated rings. The fraction of sp³-hybridized carbons (Fsp3) is 0.0667. The number of amides is 1. The van der Waals surface area contributed by atoms with E-state index >= 15 is 0 Å². The number of carbonyl (C=O) groups excluding carboxylic acids is 1. The summed E-state index contributed by atoms with van der Waals surface area (Å²) in [5, 5.41) is 6.84. The van der Waals surface area contributed by atoms with Crippen LogP contribution >= 0.6 is 0 Å². The molecule has 6 heteroatoms. The number of hydrogen-bond donors (Lipinski definition) is 1. The summed E-state index contributed by atoms with van der Waals surface area (Å²) in [7, 11) is 0. The van der Waals surface area contributed by atoms with E-state index in [4.69, 9.17) is 0 Å². The molecule has 0 bridgehead atoms. The second-order valence-corrected chi connectivity index (χ2v) is 4.49. The van der Waals surface area contributed by atoms with Crippen LogP contribution in [0.5, 0.6) is 0 Å². The normalized spacial score (nSPS) is 10.3. The van der Waals surface area contributed by atoms with Gasteiger partial charge in [-0.25, -0.2) is 9.67 Å². The minimum absolute atomic E-state index is 0.157. The first-order valence-electron chi connectivity index (χ1n) is 6.44. The Morgan fingerprint density at radius 1 is 1.14 bits per heavy atom. The lowest BCUT2D eigenvalue weighted by molar-refractivity contribution is 0.102. The van der Waals surface area contributed by atoms with Crippen molar-refractivity contribution in [1.82, 2.24) is 19.7 Å². The van der Waals surface area contributed by atoms with Gasteiger partial charge in [-0.15, -0.1) is 0 Å². The molecule has 0 aliphatic carbocycles. The van der Waals surface area contributed by atoms with Crippen LogP contribution in [0.25, 0.3) is 0 Å². The molecule has 0 radical (unpaired) electrons. The van der Waals surface area contributed by atoms with Crippen LogP contribution in [0.3, 0.4) is 0 Å². The summed E-state index contributed by atoms with van der Waals surface area (Å²) in [6.07, 6.45) is 6.42. The van der Waals surface area contributed by atoms with E-state index in [1.54, 1.807) is 47.7 Å². The molecule has 3 rings (SSSR count). The Morgan fingerprint density at radius 2 is 2.00 bits per heavy atom. The molecule has 0 atom stereocenters. The molecule has 3 aromatic rings. The Kier molecular flexibility index (Phi) is 3.68. The van der Waals surface area contributed by atoms with Crippen LogP contribution in [0, 0.1) is 0 Å². The van der Waals surface area contributed by atoms with Gasteiger partial charge in [-0.2, -0.15) is 5.10 Å². The Balaban J connectivity index is 1.67. The van der Waals surface area contributed by atoms with Crippen molar-refractivity contribution in [2.75, 3.05) is 5.32 Å². The molecule has 1 N–H and O–H groups in total. The number of pyridine rings is 1. The summed E-state index contributed by atoms with van der Waals surface area (Å²) < 4.78 is 1.73. The van der Waals surface area contributed by atoms with E-state index in [0.29, 0.717) is 17.8 Å². The molecular weight excluding hydrogens is 266 g/mol. The van der Waals surface area contributed by atoms with E-state index in [0.717, 1.165) is 5.56 Å². The third kappa shape index (κ3) is 3.30. The van der Waals surface area contributed by atoms with Gasteiger partial charge in [0, 0.05) is 11.8 Å². The van der Waals surface area contributed by atoms with Gasteiger partial charge in [-0.1, -0.05) is 12.1 Å². The number of anilines is 1. The fourth-order valence-corrected chi connectivity index (χ4v) is 1.90. The van der Waals surface area contributed by atoms with Gasteiger partial charge in [-0.05, 0) is 29.8 Å². The van der Waals surface area contributed by atoms with Crippen LogP contribution in [0.4, 0.5) is 5.69 Å². The Bertz CT molecular complexity index is 708. The minimum Gasteiger partial charge on any atom is -0.321 e. The molecule has 0 aliphatic rings. The van der Waals surface area contributed by atoms with Crippen molar-refractivity contribution in [3.8, 4) is 0 Å².